The smallest absolute Gasteiger partial charge is 0.312 e. The first kappa shape index (κ1) is 15.0. The molecule has 1 heterocycles. The molecule has 6 heteroatoms. The Morgan fingerprint density at radius 3 is 2.80 bits per heavy atom. The van der Waals surface area contributed by atoms with E-state index < -0.39 is 11.7 Å². The molecule has 0 spiro atoms. The Morgan fingerprint density at radius 1 is 1.35 bits per heavy atom. The van der Waals surface area contributed by atoms with Crippen molar-refractivity contribution in [2.24, 2.45) is 0 Å². The van der Waals surface area contributed by atoms with E-state index in [0.29, 0.717) is 18.7 Å². The highest BCUT2D eigenvalue weighted by Crippen LogP contribution is 2.29. The lowest BCUT2D eigenvalue weighted by Crippen LogP contribution is -2.20. The third-order valence-electron chi connectivity index (χ3n) is 2.91. The van der Waals surface area contributed by atoms with Crippen LogP contribution in [0.4, 0.5) is 13.2 Å². The van der Waals surface area contributed by atoms with Gasteiger partial charge < -0.3 is 5.32 Å². The van der Waals surface area contributed by atoms with Crippen molar-refractivity contribution in [2.75, 3.05) is 6.54 Å². The number of hydrogen-bond acceptors (Lipinski definition) is 3. The second-order valence-electron chi connectivity index (χ2n) is 4.60. The SMILES string of the molecule is CC(CNCc1cccc(C(F)(F)F)c1)c1nccs1. The van der Waals surface area contributed by atoms with Crippen LogP contribution in [0.1, 0.15) is 29.0 Å². The van der Waals surface area contributed by atoms with Crippen LogP contribution < -0.4 is 5.32 Å². The van der Waals surface area contributed by atoms with Gasteiger partial charge in [-0.3, -0.25) is 0 Å². The Balaban J connectivity index is 1.88. The Morgan fingerprint density at radius 2 is 2.15 bits per heavy atom. The lowest BCUT2D eigenvalue weighted by atomic mass is 10.1. The number of alkyl halides is 3. The Kier molecular flexibility index (Phi) is 4.77. The summed E-state index contributed by atoms with van der Waals surface area (Å²) in [4.78, 5) is 4.22. The fourth-order valence-electron chi connectivity index (χ4n) is 1.86. The highest BCUT2D eigenvalue weighted by Gasteiger charge is 2.30. The Labute approximate surface area is 119 Å². The molecule has 0 aliphatic carbocycles. The number of hydrogen-bond donors (Lipinski definition) is 1. The van der Waals surface area contributed by atoms with E-state index in [2.05, 4.69) is 10.3 Å². The van der Waals surface area contributed by atoms with Crippen LogP contribution in [0.3, 0.4) is 0 Å². The molecule has 0 aliphatic rings. The third-order valence-corrected chi connectivity index (χ3v) is 3.91. The van der Waals surface area contributed by atoms with Crippen LogP contribution >= 0.6 is 11.3 Å². The number of thiazole rings is 1. The molecule has 108 valence electrons. The second-order valence-corrected chi connectivity index (χ2v) is 5.53. The number of halogens is 3. The number of benzene rings is 1. The summed E-state index contributed by atoms with van der Waals surface area (Å²) in [7, 11) is 0. The summed E-state index contributed by atoms with van der Waals surface area (Å²) in [5.41, 5.74) is 0.0240. The summed E-state index contributed by atoms with van der Waals surface area (Å²) in [6.07, 6.45) is -2.53. The first-order chi connectivity index (χ1) is 9.47. The zero-order valence-electron chi connectivity index (χ0n) is 10.9. The van der Waals surface area contributed by atoms with Crippen molar-refractivity contribution in [2.45, 2.75) is 25.6 Å². The summed E-state index contributed by atoms with van der Waals surface area (Å²) >= 11 is 1.58. The van der Waals surface area contributed by atoms with Crippen molar-refractivity contribution in [3.63, 3.8) is 0 Å². The van der Waals surface area contributed by atoms with Gasteiger partial charge in [0, 0.05) is 30.6 Å². The third kappa shape index (κ3) is 4.05. The standard InChI is InChI=1S/C14H15F3N2S/c1-10(13-19-5-6-20-13)8-18-9-11-3-2-4-12(7-11)14(15,16)17/h2-7,10,18H,8-9H2,1H3. The maximum atomic E-state index is 12.6. The largest absolute Gasteiger partial charge is 0.416 e. The minimum Gasteiger partial charge on any atom is -0.312 e. The summed E-state index contributed by atoms with van der Waals surface area (Å²) in [5.74, 6) is 0.251. The molecule has 1 unspecified atom stereocenters. The van der Waals surface area contributed by atoms with Gasteiger partial charge in [-0.15, -0.1) is 11.3 Å². The molecular weight excluding hydrogens is 285 g/mol. The molecule has 2 rings (SSSR count). The zero-order chi connectivity index (χ0) is 14.6. The first-order valence-corrected chi connectivity index (χ1v) is 7.11. The maximum absolute atomic E-state index is 12.6. The second kappa shape index (κ2) is 6.37. The van der Waals surface area contributed by atoms with Gasteiger partial charge in [-0.25, -0.2) is 4.98 Å². The summed E-state index contributed by atoms with van der Waals surface area (Å²) in [6, 6.07) is 5.39. The van der Waals surface area contributed by atoms with Crippen molar-refractivity contribution in [3.8, 4) is 0 Å². The van der Waals surface area contributed by atoms with E-state index >= 15 is 0 Å². The minimum absolute atomic E-state index is 0.251. The van der Waals surface area contributed by atoms with E-state index in [-0.39, 0.29) is 5.92 Å². The fraction of sp³-hybridized carbons (Fsp3) is 0.357. The van der Waals surface area contributed by atoms with Crippen LogP contribution in [0.15, 0.2) is 35.8 Å². The highest BCUT2D eigenvalue weighted by molar-refractivity contribution is 7.09. The van der Waals surface area contributed by atoms with Gasteiger partial charge in [-0.1, -0.05) is 25.1 Å². The van der Waals surface area contributed by atoms with Gasteiger partial charge in [-0.2, -0.15) is 13.2 Å². The summed E-state index contributed by atoms with van der Waals surface area (Å²) < 4.78 is 37.7. The minimum atomic E-state index is -4.29. The number of aromatic nitrogens is 1. The van der Waals surface area contributed by atoms with Crippen LogP contribution in [-0.4, -0.2) is 11.5 Å². The predicted octanol–water partition coefficient (Wildman–Crippen LogP) is 4.06. The lowest BCUT2D eigenvalue weighted by Gasteiger charge is -2.12. The maximum Gasteiger partial charge on any atom is 0.416 e. The first-order valence-electron chi connectivity index (χ1n) is 6.23. The fourth-order valence-corrected chi connectivity index (χ4v) is 2.55. The van der Waals surface area contributed by atoms with Gasteiger partial charge in [0.05, 0.1) is 10.6 Å². The molecule has 0 saturated heterocycles. The van der Waals surface area contributed by atoms with E-state index in [1.54, 1.807) is 23.6 Å². The van der Waals surface area contributed by atoms with Gasteiger partial charge in [0.1, 0.15) is 0 Å². The van der Waals surface area contributed by atoms with Crippen LogP contribution in [0.5, 0.6) is 0 Å². The predicted molar refractivity (Wildman–Crippen MR) is 73.7 cm³/mol. The quantitative estimate of drug-likeness (QED) is 0.901. The normalized spacial score (nSPS) is 13.4. The molecule has 0 radical (unpaired) electrons. The van der Waals surface area contributed by atoms with Gasteiger partial charge in [0.15, 0.2) is 0 Å². The molecule has 0 aliphatic heterocycles. The van der Waals surface area contributed by atoms with Crippen molar-refractivity contribution in [3.05, 3.63) is 52.0 Å². The van der Waals surface area contributed by atoms with Gasteiger partial charge >= 0.3 is 6.18 Å². The zero-order valence-corrected chi connectivity index (χ0v) is 11.8. The lowest BCUT2D eigenvalue weighted by molar-refractivity contribution is -0.137. The van der Waals surface area contributed by atoms with Crippen molar-refractivity contribution in [1.29, 1.82) is 0 Å². The van der Waals surface area contributed by atoms with Crippen LogP contribution in [0.2, 0.25) is 0 Å². The van der Waals surface area contributed by atoms with Crippen LogP contribution in [0, 0.1) is 0 Å². The van der Waals surface area contributed by atoms with Gasteiger partial charge in [0.2, 0.25) is 0 Å². The Hall–Kier alpha value is -1.40. The van der Waals surface area contributed by atoms with Crippen LogP contribution in [0.25, 0.3) is 0 Å². The van der Waals surface area contributed by atoms with E-state index in [4.69, 9.17) is 0 Å². The van der Waals surface area contributed by atoms with Gasteiger partial charge in [0.25, 0.3) is 0 Å². The molecule has 20 heavy (non-hydrogen) atoms. The average molecular weight is 300 g/mol. The van der Waals surface area contributed by atoms with Gasteiger partial charge in [-0.05, 0) is 11.6 Å². The highest BCUT2D eigenvalue weighted by atomic mass is 32.1. The molecule has 1 aromatic heterocycles. The Bertz CT molecular complexity index is 538. The molecule has 2 aromatic rings. The average Bonchev–Trinajstić information content (AvgIpc) is 2.92. The van der Waals surface area contributed by atoms with E-state index in [1.165, 1.54) is 12.1 Å². The molecule has 2 nitrogen and oxygen atoms in total. The molecule has 0 saturated carbocycles. The van der Waals surface area contributed by atoms with Crippen LogP contribution in [-0.2, 0) is 12.7 Å². The molecule has 0 bridgehead atoms. The number of nitrogens with zero attached hydrogens (tertiary/aromatic N) is 1. The van der Waals surface area contributed by atoms with E-state index in [1.807, 2.05) is 12.3 Å². The van der Waals surface area contributed by atoms with Crippen molar-refractivity contribution in [1.82, 2.24) is 10.3 Å². The molecule has 1 N–H and O–H groups in total. The molecule has 1 atom stereocenters. The van der Waals surface area contributed by atoms with E-state index in [0.717, 1.165) is 11.1 Å². The molecule has 1 aromatic carbocycles. The number of rotatable bonds is 5. The monoisotopic (exact) mass is 300 g/mol. The summed E-state index contributed by atoms with van der Waals surface area (Å²) in [5, 5.41) is 6.11. The van der Waals surface area contributed by atoms with E-state index in [9.17, 15) is 13.2 Å². The molecule has 0 fully saturated rings. The topological polar surface area (TPSA) is 24.9 Å². The number of nitrogens with one attached hydrogen (secondary N) is 1. The van der Waals surface area contributed by atoms with Crippen molar-refractivity contribution < 1.29 is 13.2 Å². The molecule has 0 amide bonds. The molecular formula is C14H15F3N2S. The van der Waals surface area contributed by atoms with Crippen molar-refractivity contribution >= 4 is 11.3 Å². The summed E-state index contributed by atoms with van der Waals surface area (Å²) in [6.45, 7) is 3.14.